The van der Waals surface area contributed by atoms with Crippen LogP contribution in [0.4, 0.5) is 0 Å². The summed E-state index contributed by atoms with van der Waals surface area (Å²) < 4.78 is 6.84. The van der Waals surface area contributed by atoms with E-state index in [-0.39, 0.29) is 17.6 Å². The van der Waals surface area contributed by atoms with E-state index in [0.29, 0.717) is 24.5 Å². The maximum absolute atomic E-state index is 12.4. The van der Waals surface area contributed by atoms with Crippen molar-refractivity contribution in [3.05, 3.63) is 11.9 Å². The second kappa shape index (κ2) is 5.82. The van der Waals surface area contributed by atoms with Crippen molar-refractivity contribution in [2.24, 2.45) is 17.6 Å². The van der Waals surface area contributed by atoms with E-state index in [4.69, 9.17) is 10.5 Å². The molecule has 0 saturated heterocycles. The van der Waals surface area contributed by atoms with Gasteiger partial charge in [0.2, 0.25) is 0 Å². The van der Waals surface area contributed by atoms with E-state index in [1.54, 1.807) is 18.0 Å². The molecule has 96 valence electrons. The van der Waals surface area contributed by atoms with Crippen LogP contribution in [0.5, 0.6) is 5.75 Å². The summed E-state index contributed by atoms with van der Waals surface area (Å²) in [6.45, 7) is 6.91. The Hall–Kier alpha value is -1.36. The van der Waals surface area contributed by atoms with E-state index in [0.717, 1.165) is 0 Å². The maximum atomic E-state index is 12.4. The number of rotatable bonds is 6. The van der Waals surface area contributed by atoms with E-state index in [2.05, 4.69) is 5.10 Å². The molecule has 0 bridgehead atoms. The van der Waals surface area contributed by atoms with Crippen LogP contribution in [0.1, 0.15) is 31.3 Å². The molecule has 1 atom stereocenters. The molecule has 1 heterocycles. The van der Waals surface area contributed by atoms with Gasteiger partial charge in [0.05, 0.1) is 13.3 Å². The highest BCUT2D eigenvalue weighted by atomic mass is 16.5. The number of ether oxygens (including phenoxy) is 1. The van der Waals surface area contributed by atoms with E-state index >= 15 is 0 Å². The second-order valence-electron chi connectivity index (χ2n) is 4.33. The van der Waals surface area contributed by atoms with Crippen LogP contribution >= 0.6 is 0 Å². The number of methoxy groups -OCH3 is 1. The SMILES string of the molecule is CCn1ncc(OC)c1C(=O)C(CN)C(C)C. The van der Waals surface area contributed by atoms with Gasteiger partial charge in [-0.3, -0.25) is 9.48 Å². The van der Waals surface area contributed by atoms with Crippen molar-refractivity contribution >= 4 is 5.78 Å². The van der Waals surface area contributed by atoms with Gasteiger partial charge in [-0.05, 0) is 12.8 Å². The first-order valence-electron chi connectivity index (χ1n) is 5.90. The van der Waals surface area contributed by atoms with Gasteiger partial charge in [0.15, 0.2) is 11.5 Å². The molecule has 0 saturated carbocycles. The van der Waals surface area contributed by atoms with Crippen LogP contribution in [-0.2, 0) is 6.54 Å². The fourth-order valence-corrected chi connectivity index (χ4v) is 1.86. The minimum atomic E-state index is -0.189. The molecular formula is C12H21N3O2. The van der Waals surface area contributed by atoms with Gasteiger partial charge in [-0.1, -0.05) is 13.8 Å². The van der Waals surface area contributed by atoms with Gasteiger partial charge in [0, 0.05) is 19.0 Å². The third-order valence-corrected chi connectivity index (χ3v) is 2.95. The number of carbonyl (C=O) groups is 1. The Labute approximate surface area is 102 Å². The van der Waals surface area contributed by atoms with Gasteiger partial charge in [-0.2, -0.15) is 5.10 Å². The third kappa shape index (κ3) is 2.66. The van der Waals surface area contributed by atoms with Crippen molar-refractivity contribution < 1.29 is 9.53 Å². The molecule has 0 aliphatic rings. The number of carbonyl (C=O) groups excluding carboxylic acids is 1. The third-order valence-electron chi connectivity index (χ3n) is 2.95. The van der Waals surface area contributed by atoms with Crippen LogP contribution in [0.25, 0.3) is 0 Å². The number of nitrogens with two attached hydrogens (primary N) is 1. The molecule has 0 fully saturated rings. The van der Waals surface area contributed by atoms with Crippen molar-refractivity contribution in [2.75, 3.05) is 13.7 Å². The summed E-state index contributed by atoms with van der Waals surface area (Å²) in [6.07, 6.45) is 1.57. The highest BCUT2D eigenvalue weighted by Crippen LogP contribution is 2.24. The lowest BCUT2D eigenvalue weighted by atomic mass is 9.90. The van der Waals surface area contributed by atoms with E-state index < -0.39 is 0 Å². The van der Waals surface area contributed by atoms with Crippen LogP contribution in [0.2, 0.25) is 0 Å². The number of hydrogen-bond acceptors (Lipinski definition) is 4. The fraction of sp³-hybridized carbons (Fsp3) is 0.667. The van der Waals surface area contributed by atoms with Crippen molar-refractivity contribution in [3.63, 3.8) is 0 Å². The van der Waals surface area contributed by atoms with E-state index in [1.807, 2.05) is 20.8 Å². The fourth-order valence-electron chi connectivity index (χ4n) is 1.86. The Morgan fingerprint density at radius 1 is 1.59 bits per heavy atom. The maximum Gasteiger partial charge on any atom is 0.189 e. The molecule has 1 aromatic heterocycles. The number of ketones is 1. The summed E-state index contributed by atoms with van der Waals surface area (Å²) in [5.41, 5.74) is 6.20. The first-order chi connectivity index (χ1) is 8.06. The summed E-state index contributed by atoms with van der Waals surface area (Å²) in [4.78, 5) is 12.4. The van der Waals surface area contributed by atoms with Crippen LogP contribution in [0, 0.1) is 11.8 Å². The van der Waals surface area contributed by atoms with Crippen LogP contribution in [0.3, 0.4) is 0 Å². The molecule has 0 aliphatic carbocycles. The van der Waals surface area contributed by atoms with Gasteiger partial charge in [0.25, 0.3) is 0 Å². The molecule has 17 heavy (non-hydrogen) atoms. The molecule has 5 nitrogen and oxygen atoms in total. The lowest BCUT2D eigenvalue weighted by Crippen LogP contribution is -2.30. The second-order valence-corrected chi connectivity index (χ2v) is 4.33. The van der Waals surface area contributed by atoms with Crippen molar-refractivity contribution in [2.45, 2.75) is 27.3 Å². The number of aromatic nitrogens is 2. The first-order valence-corrected chi connectivity index (χ1v) is 5.90. The standard InChI is InChI=1S/C12H21N3O2/c1-5-15-11(10(17-4)7-14-15)12(16)9(6-13)8(2)3/h7-9H,5-6,13H2,1-4H3. The molecule has 0 amide bonds. The zero-order chi connectivity index (χ0) is 13.0. The highest BCUT2D eigenvalue weighted by Gasteiger charge is 2.27. The molecule has 0 aromatic carbocycles. The predicted octanol–water partition coefficient (Wildman–Crippen LogP) is 1.33. The Balaban J connectivity index is 3.13. The summed E-state index contributed by atoms with van der Waals surface area (Å²) in [6, 6.07) is 0. The Morgan fingerprint density at radius 2 is 2.24 bits per heavy atom. The molecule has 1 rings (SSSR count). The molecule has 0 spiro atoms. The number of Topliss-reactive ketones (excluding diaryl/α,β-unsaturated/α-hetero) is 1. The summed E-state index contributed by atoms with van der Waals surface area (Å²) in [5, 5.41) is 4.13. The lowest BCUT2D eigenvalue weighted by molar-refractivity contribution is 0.0877. The molecule has 1 unspecified atom stereocenters. The Bertz CT molecular complexity index is 364. The zero-order valence-corrected chi connectivity index (χ0v) is 10.9. The van der Waals surface area contributed by atoms with E-state index in [1.165, 1.54) is 0 Å². The van der Waals surface area contributed by atoms with Crippen LogP contribution < -0.4 is 10.5 Å². The van der Waals surface area contributed by atoms with Gasteiger partial charge in [-0.25, -0.2) is 0 Å². The molecule has 0 radical (unpaired) electrons. The monoisotopic (exact) mass is 239 g/mol. The topological polar surface area (TPSA) is 70.1 Å². The summed E-state index contributed by atoms with van der Waals surface area (Å²) in [5.74, 6) is 0.554. The quantitative estimate of drug-likeness (QED) is 0.760. The molecule has 0 aliphatic heterocycles. The van der Waals surface area contributed by atoms with Gasteiger partial charge < -0.3 is 10.5 Å². The number of aryl methyl sites for hydroxylation is 1. The van der Waals surface area contributed by atoms with Crippen molar-refractivity contribution in [1.82, 2.24) is 9.78 Å². The zero-order valence-electron chi connectivity index (χ0n) is 10.9. The summed E-state index contributed by atoms with van der Waals surface area (Å²) in [7, 11) is 1.54. The highest BCUT2D eigenvalue weighted by molar-refractivity contribution is 5.99. The minimum Gasteiger partial charge on any atom is -0.493 e. The Morgan fingerprint density at radius 3 is 2.65 bits per heavy atom. The van der Waals surface area contributed by atoms with Crippen LogP contribution in [-0.4, -0.2) is 29.2 Å². The minimum absolute atomic E-state index is 0.0127. The molecular weight excluding hydrogens is 218 g/mol. The molecule has 1 aromatic rings. The van der Waals surface area contributed by atoms with Gasteiger partial charge in [0.1, 0.15) is 5.69 Å². The van der Waals surface area contributed by atoms with Crippen LogP contribution in [0.15, 0.2) is 6.20 Å². The Kier molecular flexibility index (Phi) is 4.69. The molecule has 2 N–H and O–H groups in total. The molecule has 5 heteroatoms. The average Bonchev–Trinajstić information content (AvgIpc) is 2.71. The normalized spacial score (nSPS) is 12.8. The van der Waals surface area contributed by atoms with Gasteiger partial charge in [-0.15, -0.1) is 0 Å². The lowest BCUT2D eigenvalue weighted by Gasteiger charge is -2.18. The predicted molar refractivity (Wildman–Crippen MR) is 66.2 cm³/mol. The number of nitrogens with zero attached hydrogens (tertiary/aromatic N) is 2. The summed E-state index contributed by atoms with van der Waals surface area (Å²) >= 11 is 0. The van der Waals surface area contributed by atoms with Gasteiger partial charge >= 0.3 is 0 Å². The first kappa shape index (κ1) is 13.7. The average molecular weight is 239 g/mol. The number of hydrogen-bond donors (Lipinski definition) is 1. The van der Waals surface area contributed by atoms with Crippen molar-refractivity contribution in [1.29, 1.82) is 0 Å². The van der Waals surface area contributed by atoms with Crippen molar-refractivity contribution in [3.8, 4) is 5.75 Å². The van der Waals surface area contributed by atoms with E-state index in [9.17, 15) is 4.79 Å². The largest absolute Gasteiger partial charge is 0.493 e. The smallest absolute Gasteiger partial charge is 0.189 e.